The number of amides is 4. The van der Waals surface area contributed by atoms with Crippen molar-refractivity contribution in [3.8, 4) is 11.1 Å². The lowest BCUT2D eigenvalue weighted by Gasteiger charge is -2.29. The normalized spacial score (nSPS) is 14.3. The van der Waals surface area contributed by atoms with E-state index >= 15 is 0 Å². The van der Waals surface area contributed by atoms with Crippen molar-refractivity contribution in [2.24, 2.45) is 11.8 Å². The fourth-order valence-corrected chi connectivity index (χ4v) is 6.16. The van der Waals surface area contributed by atoms with Gasteiger partial charge < -0.3 is 35.9 Å². The number of carboxylic acids is 1. The number of alkyl carbamates (subject to hydrolysis) is 1. The predicted molar refractivity (Wildman–Crippen MR) is 191 cm³/mol. The number of hydrogen-bond donors (Lipinski definition) is 5. The van der Waals surface area contributed by atoms with E-state index in [2.05, 4.69) is 21.3 Å². The molecule has 0 saturated carbocycles. The van der Waals surface area contributed by atoms with E-state index in [1.165, 1.54) is 0 Å². The number of aliphatic carboxylic acids is 1. The summed E-state index contributed by atoms with van der Waals surface area (Å²) in [6, 6.07) is 20.5. The van der Waals surface area contributed by atoms with Crippen molar-refractivity contribution < 1.29 is 38.6 Å². The van der Waals surface area contributed by atoms with Gasteiger partial charge in [-0.2, -0.15) is 0 Å². The number of carbonyl (C=O) groups is 6. The van der Waals surface area contributed by atoms with Crippen LogP contribution in [0.2, 0.25) is 0 Å². The molecule has 0 spiro atoms. The summed E-state index contributed by atoms with van der Waals surface area (Å²) in [6.07, 6.45) is -0.694. The van der Waals surface area contributed by atoms with E-state index in [0.29, 0.717) is 6.29 Å². The SMILES string of the molecule is CC(C)[C@H](NC(=O)[C@H](CCC(=O)O)NC(=O)OCC1c2ccccc2-c2ccccc21)C(=O)N[C@H](C(=O)N[C@H](C=O)Cc1ccccc1)C(C)C. The topological polar surface area (TPSA) is 180 Å². The average Bonchev–Trinajstić information content (AvgIpc) is 3.43. The molecule has 0 saturated heterocycles. The van der Waals surface area contributed by atoms with E-state index in [0.717, 1.165) is 27.8 Å². The Kier molecular flexibility index (Phi) is 13.5. The molecule has 4 rings (SSSR count). The highest BCUT2D eigenvalue weighted by molar-refractivity contribution is 5.94. The summed E-state index contributed by atoms with van der Waals surface area (Å²) in [5, 5.41) is 19.9. The number of rotatable bonds is 17. The Labute approximate surface area is 297 Å². The van der Waals surface area contributed by atoms with Crippen molar-refractivity contribution in [1.82, 2.24) is 21.3 Å². The molecule has 12 heteroatoms. The average molecular weight is 699 g/mol. The van der Waals surface area contributed by atoms with Crippen LogP contribution in [0.3, 0.4) is 0 Å². The zero-order valence-electron chi connectivity index (χ0n) is 29.3. The van der Waals surface area contributed by atoms with Gasteiger partial charge in [-0.05, 0) is 52.5 Å². The van der Waals surface area contributed by atoms with Crippen LogP contribution in [0.25, 0.3) is 11.1 Å². The molecule has 0 aromatic heterocycles. The quantitative estimate of drug-likeness (QED) is 0.131. The molecule has 3 aromatic rings. The number of benzene rings is 3. The molecule has 0 aliphatic heterocycles. The lowest BCUT2D eigenvalue weighted by molar-refractivity contribution is -0.137. The molecule has 0 unspecified atom stereocenters. The second-order valence-electron chi connectivity index (χ2n) is 13.4. The molecule has 0 radical (unpaired) electrons. The molecule has 4 amide bonds. The van der Waals surface area contributed by atoms with Crippen molar-refractivity contribution in [3.05, 3.63) is 95.6 Å². The van der Waals surface area contributed by atoms with Crippen LogP contribution in [0.15, 0.2) is 78.9 Å². The van der Waals surface area contributed by atoms with Gasteiger partial charge in [-0.1, -0.05) is 107 Å². The molecule has 1 aliphatic carbocycles. The molecular formula is C39H46N4O8. The summed E-state index contributed by atoms with van der Waals surface area (Å²) >= 11 is 0. The zero-order chi connectivity index (χ0) is 37.1. The molecular weight excluding hydrogens is 652 g/mol. The Bertz CT molecular complexity index is 1660. The van der Waals surface area contributed by atoms with Crippen molar-refractivity contribution in [2.45, 2.75) is 77.0 Å². The molecule has 5 N–H and O–H groups in total. The number of fused-ring (bicyclic) bond motifs is 3. The Hall–Kier alpha value is -5.52. The molecule has 1 aliphatic rings. The van der Waals surface area contributed by atoms with Gasteiger partial charge in [0.2, 0.25) is 17.7 Å². The van der Waals surface area contributed by atoms with E-state index in [4.69, 9.17) is 4.74 Å². The molecule has 4 atom stereocenters. The summed E-state index contributed by atoms with van der Waals surface area (Å²) in [4.78, 5) is 76.7. The second kappa shape index (κ2) is 17.9. The number of ether oxygens (including phenoxy) is 1. The number of carboxylic acid groups (broad SMARTS) is 1. The largest absolute Gasteiger partial charge is 0.481 e. The number of aldehydes is 1. The number of hydrogen-bond acceptors (Lipinski definition) is 7. The van der Waals surface area contributed by atoms with Crippen LogP contribution in [0.1, 0.15) is 63.1 Å². The summed E-state index contributed by atoms with van der Waals surface area (Å²) in [7, 11) is 0. The lowest BCUT2D eigenvalue weighted by atomic mass is 9.98. The van der Waals surface area contributed by atoms with Gasteiger partial charge in [0.15, 0.2) is 0 Å². The lowest BCUT2D eigenvalue weighted by Crippen LogP contribution is -2.59. The van der Waals surface area contributed by atoms with Crippen LogP contribution in [-0.2, 0) is 35.1 Å². The summed E-state index contributed by atoms with van der Waals surface area (Å²) in [5.41, 5.74) is 4.96. The smallest absolute Gasteiger partial charge is 0.407 e. The molecule has 0 heterocycles. The van der Waals surface area contributed by atoms with E-state index in [1.54, 1.807) is 27.7 Å². The maximum absolute atomic E-state index is 13.6. The van der Waals surface area contributed by atoms with Crippen molar-refractivity contribution >= 4 is 36.1 Å². The van der Waals surface area contributed by atoms with E-state index in [-0.39, 0.29) is 31.3 Å². The minimum Gasteiger partial charge on any atom is -0.481 e. The Balaban J connectivity index is 1.40. The van der Waals surface area contributed by atoms with Gasteiger partial charge in [0.05, 0.1) is 6.04 Å². The fraction of sp³-hybridized carbons (Fsp3) is 0.385. The third-order valence-electron chi connectivity index (χ3n) is 8.88. The minimum atomic E-state index is -1.33. The van der Waals surface area contributed by atoms with E-state index < -0.39 is 66.3 Å². The highest BCUT2D eigenvalue weighted by Crippen LogP contribution is 2.44. The Morgan fingerprint density at radius 2 is 1.22 bits per heavy atom. The van der Waals surface area contributed by atoms with Crippen LogP contribution in [-0.4, -0.2) is 72.0 Å². The second-order valence-corrected chi connectivity index (χ2v) is 13.4. The zero-order valence-corrected chi connectivity index (χ0v) is 29.3. The Morgan fingerprint density at radius 3 is 1.75 bits per heavy atom. The highest BCUT2D eigenvalue weighted by atomic mass is 16.5. The van der Waals surface area contributed by atoms with E-state index in [1.807, 2.05) is 78.9 Å². The molecule has 0 bridgehead atoms. The first-order valence-electron chi connectivity index (χ1n) is 17.1. The van der Waals surface area contributed by atoms with Crippen LogP contribution < -0.4 is 21.3 Å². The van der Waals surface area contributed by atoms with Gasteiger partial charge in [-0.15, -0.1) is 0 Å². The van der Waals surface area contributed by atoms with Gasteiger partial charge in [0.1, 0.15) is 31.0 Å². The Morgan fingerprint density at radius 1 is 0.706 bits per heavy atom. The highest BCUT2D eigenvalue weighted by Gasteiger charge is 2.34. The third-order valence-corrected chi connectivity index (χ3v) is 8.88. The van der Waals surface area contributed by atoms with Gasteiger partial charge in [-0.3, -0.25) is 19.2 Å². The number of nitrogens with one attached hydrogen (secondary N) is 4. The number of carbonyl (C=O) groups excluding carboxylic acids is 5. The van der Waals surface area contributed by atoms with Gasteiger partial charge in [0, 0.05) is 12.3 Å². The summed E-state index contributed by atoms with van der Waals surface area (Å²) in [5.74, 6) is -4.23. The molecule has 51 heavy (non-hydrogen) atoms. The van der Waals surface area contributed by atoms with Gasteiger partial charge >= 0.3 is 12.1 Å². The first-order chi connectivity index (χ1) is 24.4. The molecule has 12 nitrogen and oxygen atoms in total. The van der Waals surface area contributed by atoms with Crippen molar-refractivity contribution in [3.63, 3.8) is 0 Å². The minimum absolute atomic E-state index is 0.0148. The molecule has 270 valence electrons. The van der Waals surface area contributed by atoms with Crippen molar-refractivity contribution in [2.75, 3.05) is 6.61 Å². The van der Waals surface area contributed by atoms with Crippen LogP contribution in [0, 0.1) is 11.8 Å². The van der Waals surface area contributed by atoms with E-state index in [9.17, 15) is 33.9 Å². The monoisotopic (exact) mass is 698 g/mol. The van der Waals surface area contributed by atoms with Crippen LogP contribution >= 0.6 is 0 Å². The first-order valence-corrected chi connectivity index (χ1v) is 17.1. The van der Waals surface area contributed by atoms with Gasteiger partial charge in [-0.25, -0.2) is 4.79 Å². The van der Waals surface area contributed by atoms with Crippen LogP contribution in [0.4, 0.5) is 4.79 Å². The maximum atomic E-state index is 13.6. The van der Waals surface area contributed by atoms with Crippen molar-refractivity contribution in [1.29, 1.82) is 0 Å². The summed E-state index contributed by atoms with van der Waals surface area (Å²) in [6.45, 7) is 6.85. The first kappa shape index (κ1) is 38.3. The maximum Gasteiger partial charge on any atom is 0.407 e. The predicted octanol–water partition coefficient (Wildman–Crippen LogP) is 3.97. The fourth-order valence-electron chi connectivity index (χ4n) is 6.16. The third kappa shape index (κ3) is 10.3. The molecule has 0 fully saturated rings. The van der Waals surface area contributed by atoms with Crippen LogP contribution in [0.5, 0.6) is 0 Å². The van der Waals surface area contributed by atoms with Gasteiger partial charge in [0.25, 0.3) is 0 Å². The standard InChI is InChI=1S/C39H46N4O8/c1-23(2)34(37(48)40-26(21-44)20-25-12-6-5-7-13-25)43-38(49)35(24(3)4)42-36(47)32(18-19-33(45)46)41-39(50)51-22-31-29-16-10-8-14-27(29)28-15-9-11-17-30(28)31/h5-17,21,23-24,26,31-32,34-35H,18-20,22H2,1-4H3,(H,40,48)(H,41,50)(H,42,47)(H,43,49)(H,45,46)/t26-,32-,34-,35-/m0/s1. The molecule has 3 aromatic carbocycles. The summed E-state index contributed by atoms with van der Waals surface area (Å²) < 4.78 is 5.58.